The molecule has 3 aromatic heterocycles. The van der Waals surface area contributed by atoms with Crippen molar-refractivity contribution >= 4 is 45.6 Å². The van der Waals surface area contributed by atoms with Crippen LogP contribution in [0.1, 0.15) is 11.8 Å². The van der Waals surface area contributed by atoms with Crippen LogP contribution in [0.4, 0.5) is 0 Å². The Labute approximate surface area is 177 Å². The number of imidazole rings is 1. The lowest BCUT2D eigenvalue weighted by atomic mass is 10.1. The molecule has 1 fully saturated rings. The summed E-state index contributed by atoms with van der Waals surface area (Å²) < 4.78 is 11.9. The van der Waals surface area contributed by atoms with Crippen molar-refractivity contribution in [3.63, 3.8) is 0 Å². The first-order chi connectivity index (χ1) is 14.6. The fourth-order valence-electron chi connectivity index (χ4n) is 3.38. The van der Waals surface area contributed by atoms with Crippen molar-refractivity contribution < 1.29 is 24.7 Å². The van der Waals surface area contributed by atoms with E-state index in [0.717, 1.165) is 5.56 Å². The van der Waals surface area contributed by atoms with Gasteiger partial charge in [-0.3, -0.25) is 4.57 Å². The minimum absolute atomic E-state index is 0.413. The number of ether oxygens (including phenoxy) is 1. The lowest BCUT2D eigenvalue weighted by molar-refractivity contribution is -0.0511. The molecule has 4 heterocycles. The van der Waals surface area contributed by atoms with Gasteiger partial charge in [-0.25, -0.2) is 19.6 Å². The van der Waals surface area contributed by atoms with E-state index in [-0.39, 0.29) is 0 Å². The minimum atomic E-state index is -1.23. The van der Waals surface area contributed by atoms with E-state index < -0.39 is 31.1 Å². The minimum Gasteiger partial charge on any atom is -0.394 e. The van der Waals surface area contributed by atoms with Gasteiger partial charge in [-0.2, -0.15) is 0 Å². The Balaban J connectivity index is 1.44. The van der Waals surface area contributed by atoms with E-state index in [9.17, 15) is 15.3 Å². The van der Waals surface area contributed by atoms with Gasteiger partial charge in [-0.05, 0) is 21.9 Å². The number of rotatable bonds is 5. The molecule has 156 valence electrons. The van der Waals surface area contributed by atoms with Gasteiger partial charge in [0.15, 0.2) is 17.4 Å². The number of benzene rings is 1. The standard InChI is InChI=1S/C17H15ClN6O5S/c18-8-2-1-7(10-11(8)23-29-22-10)4-30-16-12-15(19-5-20-16)24(6-21-12)17-14(27)13(26)9(3-25)28-17/h1-2,5-6,9,13-14,17,25-27H,3-4H2/t9-,13-,14-,17-/m1/s1. The quantitative estimate of drug-likeness (QED) is 0.294. The van der Waals surface area contributed by atoms with Crippen molar-refractivity contribution in [3.8, 4) is 0 Å². The second kappa shape index (κ2) is 7.72. The zero-order chi connectivity index (χ0) is 20.8. The van der Waals surface area contributed by atoms with E-state index in [1.54, 1.807) is 6.07 Å². The molecular weight excluding hydrogens is 436 g/mol. The van der Waals surface area contributed by atoms with Crippen molar-refractivity contribution in [3.05, 3.63) is 35.4 Å². The smallest absolute Gasteiger partial charge is 0.166 e. The fourth-order valence-corrected chi connectivity index (χ4v) is 4.50. The van der Waals surface area contributed by atoms with Gasteiger partial charge in [0.25, 0.3) is 0 Å². The largest absolute Gasteiger partial charge is 0.394 e. The van der Waals surface area contributed by atoms with Crippen LogP contribution < -0.4 is 0 Å². The third kappa shape index (κ3) is 3.12. The molecule has 0 radical (unpaired) electrons. The molecule has 11 nitrogen and oxygen atoms in total. The average Bonchev–Trinajstić information content (AvgIpc) is 3.47. The number of fused-ring (bicyclic) bond motifs is 2. The first-order valence-electron chi connectivity index (χ1n) is 8.91. The fraction of sp³-hybridized carbons (Fsp3) is 0.353. The molecule has 30 heavy (non-hydrogen) atoms. The molecule has 3 N–H and O–H groups in total. The highest BCUT2D eigenvalue weighted by atomic mass is 35.5. The lowest BCUT2D eigenvalue weighted by Gasteiger charge is -2.16. The van der Waals surface area contributed by atoms with Gasteiger partial charge in [0.05, 0.1) is 18.0 Å². The zero-order valence-corrected chi connectivity index (χ0v) is 16.7. The van der Waals surface area contributed by atoms with Gasteiger partial charge in [-0.15, -0.1) is 0 Å². The highest BCUT2D eigenvalue weighted by Crippen LogP contribution is 2.34. The summed E-state index contributed by atoms with van der Waals surface area (Å²) in [7, 11) is 0. The Morgan fingerprint density at radius 1 is 1.07 bits per heavy atom. The molecule has 0 amide bonds. The molecule has 1 aromatic carbocycles. The summed E-state index contributed by atoms with van der Waals surface area (Å²) >= 11 is 7.52. The number of aromatic nitrogens is 6. The molecule has 0 saturated carbocycles. The molecule has 13 heteroatoms. The van der Waals surface area contributed by atoms with Crippen LogP contribution in [-0.4, -0.2) is 70.1 Å². The van der Waals surface area contributed by atoms with E-state index in [1.807, 2.05) is 6.07 Å². The highest BCUT2D eigenvalue weighted by Gasteiger charge is 2.44. The van der Waals surface area contributed by atoms with Crippen LogP contribution in [0, 0.1) is 0 Å². The average molecular weight is 451 g/mol. The number of hydrogen-bond donors (Lipinski definition) is 3. The molecule has 0 spiro atoms. The summed E-state index contributed by atoms with van der Waals surface area (Å²) in [5.41, 5.74) is 2.90. The van der Waals surface area contributed by atoms with Crippen LogP contribution in [0.2, 0.25) is 5.02 Å². The lowest BCUT2D eigenvalue weighted by Crippen LogP contribution is -2.33. The van der Waals surface area contributed by atoms with Crippen molar-refractivity contribution in [2.24, 2.45) is 0 Å². The van der Waals surface area contributed by atoms with E-state index in [0.29, 0.717) is 38.0 Å². The third-order valence-electron chi connectivity index (χ3n) is 4.93. The molecule has 0 aliphatic carbocycles. The van der Waals surface area contributed by atoms with Gasteiger partial charge < -0.3 is 20.1 Å². The molecule has 5 rings (SSSR count). The normalized spacial score (nSPS) is 24.3. The molecular formula is C17H15ClN6O5S. The topological polar surface area (TPSA) is 152 Å². The molecule has 4 aromatic rings. The number of aliphatic hydroxyl groups is 3. The van der Waals surface area contributed by atoms with E-state index >= 15 is 0 Å². The van der Waals surface area contributed by atoms with Gasteiger partial charge in [0.1, 0.15) is 40.7 Å². The monoisotopic (exact) mass is 450 g/mol. The van der Waals surface area contributed by atoms with Crippen LogP contribution in [0.3, 0.4) is 0 Å². The van der Waals surface area contributed by atoms with Crippen LogP contribution in [0.5, 0.6) is 0 Å². The summed E-state index contributed by atoms with van der Waals surface area (Å²) in [5.74, 6) is 0.509. The van der Waals surface area contributed by atoms with Gasteiger partial charge in [-0.1, -0.05) is 29.4 Å². The summed E-state index contributed by atoms with van der Waals surface area (Å²) in [6, 6.07) is 3.58. The zero-order valence-electron chi connectivity index (χ0n) is 15.2. The number of hydrogen-bond acceptors (Lipinski definition) is 11. The van der Waals surface area contributed by atoms with Gasteiger partial charge in [0.2, 0.25) is 0 Å². The maximum absolute atomic E-state index is 10.3. The predicted molar refractivity (Wildman–Crippen MR) is 105 cm³/mol. The Bertz CT molecular complexity index is 1220. The van der Waals surface area contributed by atoms with E-state index in [2.05, 4.69) is 25.3 Å². The maximum Gasteiger partial charge on any atom is 0.166 e. The summed E-state index contributed by atoms with van der Waals surface area (Å²) in [4.78, 5) is 12.9. The Kier molecular flexibility index (Phi) is 5.05. The first-order valence-corrected chi connectivity index (χ1v) is 10.3. The van der Waals surface area contributed by atoms with Gasteiger partial charge >= 0.3 is 0 Å². The molecule has 1 aliphatic rings. The molecule has 4 atom stereocenters. The predicted octanol–water partition coefficient (Wildman–Crippen LogP) is 0.920. The van der Waals surface area contributed by atoms with Crippen molar-refractivity contribution in [2.75, 3.05) is 6.61 Å². The van der Waals surface area contributed by atoms with Crippen molar-refractivity contribution in [1.82, 2.24) is 29.8 Å². The van der Waals surface area contributed by atoms with Crippen LogP contribution in [0.25, 0.3) is 22.2 Å². The number of aliphatic hydroxyl groups excluding tert-OH is 3. The first kappa shape index (κ1) is 19.6. The number of nitrogens with zero attached hydrogens (tertiary/aromatic N) is 6. The van der Waals surface area contributed by atoms with Crippen LogP contribution in [-0.2, 0) is 10.5 Å². The number of halogens is 1. The molecule has 1 aliphatic heterocycles. The van der Waals surface area contributed by atoms with E-state index in [1.165, 1.54) is 29.0 Å². The molecule has 0 unspecified atom stereocenters. The third-order valence-corrected chi connectivity index (χ3v) is 6.26. The second-order valence-electron chi connectivity index (χ2n) is 6.69. The van der Waals surface area contributed by atoms with Crippen molar-refractivity contribution in [2.45, 2.75) is 35.3 Å². The summed E-state index contributed by atoms with van der Waals surface area (Å²) in [6.45, 7) is -0.413. The van der Waals surface area contributed by atoms with Crippen molar-refractivity contribution in [1.29, 1.82) is 0 Å². The second-order valence-corrected chi connectivity index (χ2v) is 8.06. The highest BCUT2D eigenvalue weighted by molar-refractivity contribution is 7.98. The number of thioether (sulfide) groups is 1. The Hall–Kier alpha value is -2.35. The Morgan fingerprint density at radius 2 is 1.90 bits per heavy atom. The van der Waals surface area contributed by atoms with Crippen LogP contribution in [0.15, 0.2) is 34.4 Å². The SMILES string of the molecule is OC[C@H]1O[C@@H](n2cnc3c(SCc4ccc(Cl)c5nonc45)ncnc32)[C@H](O)[C@@H]1O. The summed E-state index contributed by atoms with van der Waals surface area (Å²) in [5, 5.41) is 38.4. The summed E-state index contributed by atoms with van der Waals surface area (Å²) in [6.07, 6.45) is -1.40. The maximum atomic E-state index is 10.3. The Morgan fingerprint density at radius 3 is 2.70 bits per heavy atom. The van der Waals surface area contributed by atoms with Crippen LogP contribution >= 0.6 is 23.4 Å². The molecule has 0 bridgehead atoms. The van der Waals surface area contributed by atoms with E-state index in [4.69, 9.17) is 21.0 Å². The van der Waals surface area contributed by atoms with Gasteiger partial charge in [0, 0.05) is 5.75 Å². The molecule has 1 saturated heterocycles.